The predicted molar refractivity (Wildman–Crippen MR) is 119 cm³/mol. The van der Waals surface area contributed by atoms with Crippen LogP contribution in [0.2, 0.25) is 10.0 Å². The molecule has 0 spiro atoms. The summed E-state index contributed by atoms with van der Waals surface area (Å²) in [6.07, 6.45) is -0.0347. The summed E-state index contributed by atoms with van der Waals surface area (Å²) in [5.41, 5.74) is -3.02. The highest BCUT2D eigenvalue weighted by molar-refractivity contribution is 8.15. The van der Waals surface area contributed by atoms with E-state index >= 15 is 0 Å². The lowest BCUT2D eigenvalue weighted by molar-refractivity contribution is -0.128. The zero-order chi connectivity index (χ0) is 22.8. The Bertz CT molecular complexity index is 1030. The summed E-state index contributed by atoms with van der Waals surface area (Å²) in [6, 6.07) is 9.98. The summed E-state index contributed by atoms with van der Waals surface area (Å²) in [6.45, 7) is 0. The van der Waals surface area contributed by atoms with Crippen LogP contribution in [-0.2, 0) is 9.59 Å². The Morgan fingerprint density at radius 2 is 1.90 bits per heavy atom. The van der Waals surface area contributed by atoms with Crippen molar-refractivity contribution in [3.8, 4) is 5.75 Å². The number of nitrogens with one attached hydrogen (secondary N) is 1. The van der Waals surface area contributed by atoms with E-state index in [-0.39, 0.29) is 18.1 Å². The quantitative estimate of drug-likeness (QED) is 0.522. The molecule has 12 heteroatoms. The van der Waals surface area contributed by atoms with Crippen LogP contribution in [0.1, 0.15) is 6.42 Å². The Hall–Kier alpha value is -2.07. The maximum absolute atomic E-state index is 12.7. The standard InChI is InChI=1S/C19H14Cl3F2N3O3S/c1-27-16(28)9-15(31-18(27)26-11-4-7-13(20)14(21)8-11)17(29)25-10-2-5-12(6-3-10)30-19(22,23)24/h2-8,15H,9H2,1H3,(H,25,29)/t15-/m0/s1. The number of ether oxygens (including phenoxy) is 1. The molecule has 0 unspecified atom stereocenters. The molecule has 1 atom stereocenters. The van der Waals surface area contributed by atoms with Gasteiger partial charge in [0.1, 0.15) is 11.0 Å². The number of amidine groups is 1. The molecule has 164 valence electrons. The molecule has 0 saturated carbocycles. The van der Waals surface area contributed by atoms with E-state index in [0.717, 1.165) is 11.8 Å². The van der Waals surface area contributed by atoms with Gasteiger partial charge in [0.2, 0.25) is 11.8 Å². The van der Waals surface area contributed by atoms with Gasteiger partial charge in [-0.05, 0) is 42.5 Å². The lowest BCUT2D eigenvalue weighted by atomic mass is 10.2. The highest BCUT2D eigenvalue weighted by atomic mass is 35.5. The summed E-state index contributed by atoms with van der Waals surface area (Å²) in [4.78, 5) is 30.8. The number of alkyl halides is 3. The Kier molecular flexibility index (Phi) is 7.31. The normalized spacial score (nSPS) is 18.3. The fourth-order valence-corrected chi connectivity index (χ4v) is 3.97. The minimum absolute atomic E-state index is 0.0347. The van der Waals surface area contributed by atoms with Gasteiger partial charge in [-0.2, -0.15) is 0 Å². The van der Waals surface area contributed by atoms with Crippen LogP contribution < -0.4 is 10.1 Å². The molecule has 1 fully saturated rings. The number of amides is 2. The summed E-state index contributed by atoms with van der Waals surface area (Å²) >= 11 is 17.7. The average molecular weight is 509 g/mol. The zero-order valence-electron chi connectivity index (χ0n) is 15.7. The largest absolute Gasteiger partial charge is 0.487 e. The molecule has 6 nitrogen and oxygen atoms in total. The van der Waals surface area contributed by atoms with E-state index in [4.69, 9.17) is 34.8 Å². The molecular formula is C19H14Cl3F2N3O3S. The topological polar surface area (TPSA) is 71.0 Å². The fraction of sp³-hybridized carbons (Fsp3) is 0.211. The van der Waals surface area contributed by atoms with Crippen molar-refractivity contribution in [2.45, 2.75) is 17.2 Å². The Morgan fingerprint density at radius 1 is 1.23 bits per heavy atom. The number of nitrogens with zero attached hydrogens (tertiary/aromatic N) is 2. The second-order valence-corrected chi connectivity index (χ2v) is 8.74. The van der Waals surface area contributed by atoms with Crippen LogP contribution in [0, 0.1) is 0 Å². The smallest absolute Gasteiger partial charge is 0.420 e. The van der Waals surface area contributed by atoms with Gasteiger partial charge in [-0.3, -0.25) is 14.5 Å². The molecular weight excluding hydrogens is 495 g/mol. The van der Waals surface area contributed by atoms with Crippen LogP contribution in [0.5, 0.6) is 5.75 Å². The first-order valence-electron chi connectivity index (χ1n) is 8.65. The van der Waals surface area contributed by atoms with E-state index in [9.17, 15) is 18.4 Å². The molecule has 0 aliphatic carbocycles. The average Bonchev–Trinajstić information content (AvgIpc) is 2.68. The SMILES string of the molecule is CN1C(=O)C[C@@H](C(=O)Nc2ccc(OC(F)(F)Cl)cc2)SC1=Nc1ccc(Cl)c(Cl)c1. The van der Waals surface area contributed by atoms with Crippen molar-refractivity contribution in [3.63, 3.8) is 0 Å². The molecule has 2 aromatic carbocycles. The third-order valence-corrected chi connectivity index (χ3v) is 6.10. The number of benzene rings is 2. The van der Waals surface area contributed by atoms with E-state index < -0.39 is 16.7 Å². The van der Waals surface area contributed by atoms with Crippen molar-refractivity contribution in [2.24, 2.45) is 4.99 Å². The first-order chi connectivity index (χ1) is 14.5. The van der Waals surface area contributed by atoms with Gasteiger partial charge in [0.05, 0.1) is 15.7 Å². The third-order valence-electron chi connectivity index (χ3n) is 4.04. The number of hydrogen-bond donors (Lipinski definition) is 1. The number of rotatable bonds is 5. The van der Waals surface area contributed by atoms with Crippen LogP contribution in [0.4, 0.5) is 20.2 Å². The van der Waals surface area contributed by atoms with E-state index in [2.05, 4.69) is 15.0 Å². The summed E-state index contributed by atoms with van der Waals surface area (Å²) in [5, 5.41) is 2.90. The van der Waals surface area contributed by atoms with Gasteiger partial charge >= 0.3 is 5.57 Å². The van der Waals surface area contributed by atoms with Crippen LogP contribution >= 0.6 is 46.6 Å². The first-order valence-corrected chi connectivity index (χ1v) is 10.7. The van der Waals surface area contributed by atoms with Crippen LogP contribution in [0.15, 0.2) is 47.5 Å². The molecule has 0 bridgehead atoms. The van der Waals surface area contributed by atoms with Gasteiger partial charge in [0, 0.05) is 30.8 Å². The molecule has 1 heterocycles. The summed E-state index contributed by atoms with van der Waals surface area (Å²) in [7, 11) is 1.56. The van der Waals surface area contributed by atoms with Crippen molar-refractivity contribution >= 4 is 74.9 Å². The molecule has 1 N–H and O–H groups in total. The van der Waals surface area contributed by atoms with Crippen LogP contribution in [0.3, 0.4) is 0 Å². The summed E-state index contributed by atoms with van der Waals surface area (Å²) in [5.74, 6) is -0.895. The second-order valence-electron chi connectivity index (χ2n) is 6.32. The lowest BCUT2D eigenvalue weighted by Crippen LogP contribution is -2.43. The van der Waals surface area contributed by atoms with E-state index in [1.807, 2.05) is 0 Å². The molecule has 1 saturated heterocycles. The van der Waals surface area contributed by atoms with Crippen molar-refractivity contribution in [2.75, 3.05) is 12.4 Å². The van der Waals surface area contributed by atoms with Crippen LogP contribution in [0.25, 0.3) is 0 Å². The van der Waals surface area contributed by atoms with Gasteiger partial charge in [0.15, 0.2) is 5.17 Å². The number of carbonyl (C=O) groups excluding carboxylic acids is 2. The number of halogens is 5. The number of thioether (sulfide) groups is 1. The lowest BCUT2D eigenvalue weighted by Gasteiger charge is -2.28. The Labute approximate surface area is 195 Å². The molecule has 0 aromatic heterocycles. The van der Waals surface area contributed by atoms with Crippen molar-refractivity contribution in [1.29, 1.82) is 0 Å². The van der Waals surface area contributed by atoms with Gasteiger partial charge in [0.25, 0.3) is 0 Å². The highest BCUT2D eigenvalue weighted by Crippen LogP contribution is 2.32. The molecule has 0 radical (unpaired) electrons. The predicted octanol–water partition coefficient (Wildman–Crippen LogP) is 5.75. The van der Waals surface area contributed by atoms with Gasteiger partial charge in [-0.15, -0.1) is 8.78 Å². The number of carbonyl (C=O) groups is 2. The maximum atomic E-state index is 12.7. The third kappa shape index (κ3) is 6.46. The molecule has 31 heavy (non-hydrogen) atoms. The fourth-order valence-electron chi connectivity index (χ4n) is 2.53. The molecule has 2 aromatic rings. The zero-order valence-corrected chi connectivity index (χ0v) is 18.8. The maximum Gasteiger partial charge on any atom is 0.487 e. The van der Waals surface area contributed by atoms with E-state index in [0.29, 0.717) is 26.6 Å². The Morgan fingerprint density at radius 3 is 2.52 bits per heavy atom. The van der Waals surface area contributed by atoms with Gasteiger partial charge in [-0.25, -0.2) is 4.99 Å². The van der Waals surface area contributed by atoms with Crippen LogP contribution in [-0.4, -0.2) is 39.7 Å². The van der Waals surface area contributed by atoms with Crippen molar-refractivity contribution in [1.82, 2.24) is 4.90 Å². The molecule has 2 amide bonds. The van der Waals surface area contributed by atoms with Crippen molar-refractivity contribution in [3.05, 3.63) is 52.5 Å². The monoisotopic (exact) mass is 507 g/mol. The molecule has 1 aliphatic rings. The number of hydrogen-bond acceptors (Lipinski definition) is 5. The van der Waals surface area contributed by atoms with Gasteiger partial charge < -0.3 is 10.1 Å². The first kappa shape index (κ1) is 23.6. The van der Waals surface area contributed by atoms with Crippen molar-refractivity contribution < 1.29 is 23.1 Å². The minimum atomic E-state index is -3.83. The van der Waals surface area contributed by atoms with E-state index in [1.54, 1.807) is 25.2 Å². The van der Waals surface area contributed by atoms with E-state index in [1.165, 1.54) is 29.2 Å². The number of aliphatic imine (C=N–C) groups is 1. The Balaban J connectivity index is 1.71. The van der Waals surface area contributed by atoms with Gasteiger partial charge in [-0.1, -0.05) is 35.0 Å². The number of anilines is 1. The molecule has 1 aliphatic heterocycles. The second kappa shape index (κ2) is 9.60. The summed E-state index contributed by atoms with van der Waals surface area (Å²) < 4.78 is 29.6. The minimum Gasteiger partial charge on any atom is -0.420 e. The highest BCUT2D eigenvalue weighted by Gasteiger charge is 2.34. The molecule has 3 rings (SSSR count).